The minimum absolute atomic E-state index is 0.259. The molecule has 9 heteroatoms. The van der Waals surface area contributed by atoms with Crippen LogP contribution in [0.5, 0.6) is 0 Å². The smallest absolute Gasteiger partial charge is 0.399 e. The van der Waals surface area contributed by atoms with Gasteiger partial charge in [-0.3, -0.25) is 19.7 Å². The molecule has 3 heterocycles. The lowest BCUT2D eigenvalue weighted by Crippen LogP contribution is -2.50. The normalized spacial score (nSPS) is 21.8. The molecule has 0 spiro atoms. The van der Waals surface area contributed by atoms with Crippen molar-refractivity contribution in [3.8, 4) is 0 Å². The molecule has 0 aliphatic carbocycles. The van der Waals surface area contributed by atoms with Crippen LogP contribution in [-0.4, -0.2) is 46.6 Å². The summed E-state index contributed by atoms with van der Waals surface area (Å²) in [6, 6.07) is 3.36. The van der Waals surface area contributed by atoms with Gasteiger partial charge in [-0.1, -0.05) is 0 Å². The van der Waals surface area contributed by atoms with Crippen LogP contribution in [0.25, 0.3) is 10.9 Å². The quantitative estimate of drug-likeness (QED) is 0.806. The second kappa shape index (κ2) is 5.80. The van der Waals surface area contributed by atoms with Crippen molar-refractivity contribution in [2.24, 2.45) is 7.05 Å². The van der Waals surface area contributed by atoms with E-state index in [1.165, 1.54) is 0 Å². The SMILES string of the molecule is Cn1ncc2cc(N3CCC(=O)NC3=O)cc(B3OC(C)(C)C(C)(C)O3)c21. The lowest BCUT2D eigenvalue weighted by molar-refractivity contribution is -0.120. The highest BCUT2D eigenvalue weighted by atomic mass is 16.7. The first-order chi connectivity index (χ1) is 12.6. The molecular weight excluding hydrogens is 347 g/mol. The maximum absolute atomic E-state index is 12.3. The van der Waals surface area contributed by atoms with Crippen molar-refractivity contribution in [3.05, 3.63) is 18.3 Å². The van der Waals surface area contributed by atoms with E-state index in [9.17, 15) is 9.59 Å². The molecule has 1 aromatic carbocycles. The standard InChI is InChI=1S/C18H23BN4O4/c1-17(2)18(3,4)27-19(26-17)13-9-12(8-11-10-20-22(5)15(11)13)23-7-6-14(24)21-16(23)25/h8-10H,6-7H2,1-5H3,(H,21,24,25). The summed E-state index contributed by atoms with van der Waals surface area (Å²) in [5, 5.41) is 7.59. The Morgan fingerprint density at radius 2 is 1.81 bits per heavy atom. The summed E-state index contributed by atoms with van der Waals surface area (Å²) in [5.41, 5.74) is 1.43. The van der Waals surface area contributed by atoms with Crippen molar-refractivity contribution < 1.29 is 18.9 Å². The van der Waals surface area contributed by atoms with Crippen LogP contribution >= 0.6 is 0 Å². The predicted octanol–water partition coefficient (Wildman–Crippen LogP) is 1.32. The molecule has 0 bridgehead atoms. The van der Waals surface area contributed by atoms with Gasteiger partial charge in [0.2, 0.25) is 5.91 Å². The number of carbonyl (C=O) groups excluding carboxylic acids is 2. The summed E-state index contributed by atoms with van der Waals surface area (Å²) in [6.07, 6.45) is 2.02. The first-order valence-corrected chi connectivity index (χ1v) is 9.02. The van der Waals surface area contributed by atoms with E-state index in [0.29, 0.717) is 12.2 Å². The van der Waals surface area contributed by atoms with Gasteiger partial charge in [-0.2, -0.15) is 5.10 Å². The summed E-state index contributed by atoms with van der Waals surface area (Å²) in [5.74, 6) is -0.259. The van der Waals surface area contributed by atoms with Crippen molar-refractivity contribution in [2.45, 2.75) is 45.3 Å². The lowest BCUT2D eigenvalue weighted by atomic mass is 9.77. The van der Waals surface area contributed by atoms with Gasteiger partial charge in [-0.15, -0.1) is 0 Å². The largest absolute Gasteiger partial charge is 0.497 e. The van der Waals surface area contributed by atoms with Crippen LogP contribution in [0.1, 0.15) is 34.1 Å². The fourth-order valence-corrected chi connectivity index (χ4v) is 3.46. The van der Waals surface area contributed by atoms with Crippen molar-refractivity contribution >= 4 is 41.1 Å². The van der Waals surface area contributed by atoms with E-state index in [2.05, 4.69) is 10.4 Å². The van der Waals surface area contributed by atoms with Crippen LogP contribution in [0.15, 0.2) is 18.3 Å². The summed E-state index contributed by atoms with van der Waals surface area (Å²) in [7, 11) is 1.28. The Morgan fingerprint density at radius 3 is 2.44 bits per heavy atom. The van der Waals surface area contributed by atoms with E-state index in [1.807, 2.05) is 46.9 Å². The Hall–Kier alpha value is -2.39. The van der Waals surface area contributed by atoms with Crippen LogP contribution in [-0.2, 0) is 21.2 Å². The predicted molar refractivity (Wildman–Crippen MR) is 102 cm³/mol. The Kier molecular flexibility index (Phi) is 3.87. The molecule has 2 fully saturated rings. The third kappa shape index (κ3) is 2.81. The molecule has 8 nitrogen and oxygen atoms in total. The number of benzene rings is 1. The fraction of sp³-hybridized carbons (Fsp3) is 0.500. The molecule has 2 saturated heterocycles. The Labute approximate surface area is 157 Å². The molecule has 0 unspecified atom stereocenters. The van der Waals surface area contributed by atoms with Gasteiger partial charge in [0.15, 0.2) is 0 Å². The third-order valence-electron chi connectivity index (χ3n) is 5.72. The number of fused-ring (bicyclic) bond motifs is 1. The molecule has 0 atom stereocenters. The summed E-state index contributed by atoms with van der Waals surface area (Å²) < 4.78 is 14.2. The Bertz CT molecular complexity index is 936. The van der Waals surface area contributed by atoms with Crippen LogP contribution in [0.2, 0.25) is 0 Å². The van der Waals surface area contributed by atoms with Crippen LogP contribution in [0.4, 0.5) is 10.5 Å². The lowest BCUT2D eigenvalue weighted by Gasteiger charge is -2.32. The number of anilines is 1. The molecule has 1 N–H and O–H groups in total. The van der Waals surface area contributed by atoms with Gasteiger partial charge in [0.25, 0.3) is 0 Å². The van der Waals surface area contributed by atoms with Gasteiger partial charge in [0.05, 0.1) is 22.9 Å². The van der Waals surface area contributed by atoms with E-state index in [4.69, 9.17) is 9.31 Å². The number of nitrogens with one attached hydrogen (secondary N) is 1. The summed E-state index contributed by atoms with van der Waals surface area (Å²) >= 11 is 0. The second-order valence-electron chi connectivity index (χ2n) is 8.08. The number of hydrogen-bond donors (Lipinski definition) is 1. The number of rotatable bonds is 2. The highest BCUT2D eigenvalue weighted by Gasteiger charge is 2.52. The molecule has 0 saturated carbocycles. The molecule has 3 amide bonds. The number of aryl methyl sites for hydroxylation is 1. The zero-order valence-corrected chi connectivity index (χ0v) is 16.2. The molecule has 1 aromatic heterocycles. The number of urea groups is 1. The zero-order valence-electron chi connectivity index (χ0n) is 16.2. The average Bonchev–Trinajstić information content (AvgIpc) is 3.03. The van der Waals surface area contributed by atoms with Gasteiger partial charge in [0.1, 0.15) is 0 Å². The van der Waals surface area contributed by atoms with E-state index >= 15 is 0 Å². The Morgan fingerprint density at radius 1 is 1.15 bits per heavy atom. The van der Waals surface area contributed by atoms with Gasteiger partial charge in [-0.25, -0.2) is 4.79 Å². The number of amides is 3. The zero-order chi connectivity index (χ0) is 19.6. The third-order valence-corrected chi connectivity index (χ3v) is 5.72. The number of aromatic nitrogens is 2. The van der Waals surface area contributed by atoms with Crippen molar-refractivity contribution in [1.29, 1.82) is 0 Å². The average molecular weight is 370 g/mol. The molecule has 2 aliphatic rings. The molecule has 0 radical (unpaired) electrons. The van der Waals surface area contributed by atoms with Gasteiger partial charge in [-0.05, 0) is 39.8 Å². The molecule has 27 heavy (non-hydrogen) atoms. The first kappa shape index (κ1) is 18.0. The van der Waals surface area contributed by atoms with E-state index in [-0.39, 0.29) is 12.3 Å². The molecule has 142 valence electrons. The minimum atomic E-state index is -0.581. The highest BCUT2D eigenvalue weighted by molar-refractivity contribution is 6.65. The van der Waals surface area contributed by atoms with Crippen molar-refractivity contribution in [3.63, 3.8) is 0 Å². The fourth-order valence-electron chi connectivity index (χ4n) is 3.46. The van der Waals surface area contributed by atoms with Crippen molar-refractivity contribution in [2.75, 3.05) is 11.4 Å². The van der Waals surface area contributed by atoms with Crippen molar-refractivity contribution in [1.82, 2.24) is 15.1 Å². The highest BCUT2D eigenvalue weighted by Crippen LogP contribution is 2.37. The van der Waals surface area contributed by atoms with Gasteiger partial charge < -0.3 is 9.31 Å². The van der Waals surface area contributed by atoms with E-state index in [0.717, 1.165) is 16.4 Å². The maximum Gasteiger partial charge on any atom is 0.497 e. The maximum atomic E-state index is 12.3. The monoisotopic (exact) mass is 370 g/mol. The molecule has 2 aromatic rings. The number of hydrogen-bond acceptors (Lipinski definition) is 5. The Balaban J connectivity index is 1.81. The minimum Gasteiger partial charge on any atom is -0.399 e. The van der Waals surface area contributed by atoms with Gasteiger partial charge in [0, 0.05) is 36.5 Å². The summed E-state index contributed by atoms with van der Waals surface area (Å²) in [6.45, 7) is 8.34. The van der Waals surface area contributed by atoms with Crippen LogP contribution in [0, 0.1) is 0 Å². The first-order valence-electron chi connectivity index (χ1n) is 9.02. The summed E-state index contributed by atoms with van der Waals surface area (Å²) in [4.78, 5) is 25.3. The number of nitrogens with zero attached hydrogens (tertiary/aromatic N) is 3. The number of carbonyl (C=O) groups is 2. The topological polar surface area (TPSA) is 85.7 Å². The van der Waals surface area contributed by atoms with Gasteiger partial charge >= 0.3 is 13.1 Å². The van der Waals surface area contributed by atoms with Crippen LogP contribution in [0.3, 0.4) is 0 Å². The molecular formula is C18H23BN4O4. The van der Waals surface area contributed by atoms with E-state index in [1.54, 1.807) is 15.8 Å². The van der Waals surface area contributed by atoms with E-state index < -0.39 is 24.4 Å². The second-order valence-corrected chi connectivity index (χ2v) is 8.08. The molecule has 4 rings (SSSR count). The van der Waals surface area contributed by atoms with Crippen LogP contribution < -0.4 is 15.7 Å². The molecule has 2 aliphatic heterocycles. The number of imide groups is 1.